The van der Waals surface area contributed by atoms with Gasteiger partial charge in [0.05, 0.1) is 6.54 Å². The van der Waals surface area contributed by atoms with E-state index in [1.54, 1.807) is 13.0 Å². The van der Waals surface area contributed by atoms with Crippen molar-refractivity contribution in [3.63, 3.8) is 0 Å². The molecule has 0 bridgehead atoms. The second-order valence-corrected chi connectivity index (χ2v) is 3.50. The fraction of sp³-hybridized carbons (Fsp3) is 0.286. The van der Waals surface area contributed by atoms with Crippen LogP contribution in [0, 0.1) is 6.92 Å². The zero-order chi connectivity index (χ0) is 9.97. The standard InChI is InChI=1S/C7H9N5OS/c1-4-10-6(11-13-4)3-9-7-2-5(8)12-14-7/h2,9H,3H2,1H3,(H2,8,12). The van der Waals surface area contributed by atoms with Crippen molar-refractivity contribution < 1.29 is 4.52 Å². The molecule has 2 aromatic rings. The van der Waals surface area contributed by atoms with E-state index in [4.69, 9.17) is 10.3 Å². The lowest BCUT2D eigenvalue weighted by atomic mass is 10.5. The number of hydrogen-bond acceptors (Lipinski definition) is 7. The predicted molar refractivity (Wildman–Crippen MR) is 52.9 cm³/mol. The van der Waals surface area contributed by atoms with Gasteiger partial charge in [0.15, 0.2) is 5.82 Å². The van der Waals surface area contributed by atoms with E-state index in [1.165, 1.54) is 11.5 Å². The summed E-state index contributed by atoms with van der Waals surface area (Å²) in [6.45, 7) is 2.26. The normalized spacial score (nSPS) is 10.4. The summed E-state index contributed by atoms with van der Waals surface area (Å²) >= 11 is 1.30. The Morgan fingerprint density at radius 3 is 3.07 bits per heavy atom. The van der Waals surface area contributed by atoms with Gasteiger partial charge < -0.3 is 15.6 Å². The summed E-state index contributed by atoms with van der Waals surface area (Å²) in [6.07, 6.45) is 0. The highest BCUT2D eigenvalue weighted by Gasteiger charge is 2.03. The molecule has 0 aliphatic rings. The Bertz CT molecular complexity index is 383. The number of aromatic nitrogens is 3. The topological polar surface area (TPSA) is 89.9 Å². The smallest absolute Gasteiger partial charge is 0.223 e. The number of rotatable bonds is 3. The molecule has 3 N–H and O–H groups in total. The maximum absolute atomic E-state index is 5.46. The molecule has 0 amide bonds. The quantitative estimate of drug-likeness (QED) is 0.788. The van der Waals surface area contributed by atoms with Gasteiger partial charge in [-0.1, -0.05) is 5.16 Å². The Hall–Kier alpha value is -1.63. The van der Waals surface area contributed by atoms with E-state index in [2.05, 4.69) is 19.8 Å². The average Bonchev–Trinajstić information content (AvgIpc) is 2.72. The van der Waals surface area contributed by atoms with Gasteiger partial charge in [-0.2, -0.15) is 9.36 Å². The summed E-state index contributed by atoms with van der Waals surface area (Å²) in [5, 5.41) is 7.72. The lowest BCUT2D eigenvalue weighted by Gasteiger charge is -1.95. The van der Waals surface area contributed by atoms with E-state index < -0.39 is 0 Å². The highest BCUT2D eigenvalue weighted by molar-refractivity contribution is 7.10. The number of nitrogens with two attached hydrogens (primary N) is 1. The number of nitrogens with zero attached hydrogens (tertiary/aromatic N) is 3. The molecule has 14 heavy (non-hydrogen) atoms. The van der Waals surface area contributed by atoms with Crippen LogP contribution in [0.1, 0.15) is 11.7 Å². The van der Waals surface area contributed by atoms with Crippen LogP contribution in [0.4, 0.5) is 10.8 Å². The van der Waals surface area contributed by atoms with Crippen LogP contribution in [0.5, 0.6) is 0 Å². The second-order valence-electron chi connectivity index (χ2n) is 2.70. The number of nitrogen functional groups attached to an aromatic ring is 1. The third kappa shape index (κ3) is 1.99. The first-order valence-electron chi connectivity index (χ1n) is 3.99. The van der Waals surface area contributed by atoms with Gasteiger partial charge in [0.25, 0.3) is 0 Å². The van der Waals surface area contributed by atoms with Gasteiger partial charge >= 0.3 is 0 Å². The first kappa shape index (κ1) is 8.95. The highest BCUT2D eigenvalue weighted by Crippen LogP contribution is 2.17. The monoisotopic (exact) mass is 211 g/mol. The minimum absolute atomic E-state index is 0.513. The fourth-order valence-corrected chi connectivity index (χ4v) is 1.52. The molecule has 0 saturated carbocycles. The van der Waals surface area contributed by atoms with E-state index in [1.807, 2.05) is 0 Å². The summed E-state index contributed by atoms with van der Waals surface area (Å²) in [6, 6.07) is 1.76. The van der Waals surface area contributed by atoms with Gasteiger partial charge in [-0.05, 0) is 11.5 Å². The molecular weight excluding hydrogens is 202 g/mol. The van der Waals surface area contributed by atoms with E-state index in [0.717, 1.165) is 5.00 Å². The number of nitrogens with one attached hydrogen (secondary N) is 1. The van der Waals surface area contributed by atoms with Gasteiger partial charge in [0.2, 0.25) is 5.89 Å². The van der Waals surface area contributed by atoms with Crippen molar-refractivity contribution in [1.29, 1.82) is 0 Å². The molecule has 2 heterocycles. The SMILES string of the molecule is Cc1nc(CNc2cc(N)ns2)no1. The molecule has 0 unspecified atom stereocenters. The Balaban J connectivity index is 1.94. The molecular formula is C7H9N5OS. The fourth-order valence-electron chi connectivity index (χ4n) is 0.951. The summed E-state index contributed by atoms with van der Waals surface area (Å²) in [7, 11) is 0. The summed E-state index contributed by atoms with van der Waals surface area (Å²) < 4.78 is 8.75. The highest BCUT2D eigenvalue weighted by atomic mass is 32.1. The molecule has 7 heteroatoms. The van der Waals surface area contributed by atoms with Crippen LogP contribution in [-0.4, -0.2) is 14.5 Å². The van der Waals surface area contributed by atoms with Crippen molar-refractivity contribution in [3.05, 3.63) is 17.8 Å². The van der Waals surface area contributed by atoms with E-state index >= 15 is 0 Å². The third-order valence-corrected chi connectivity index (χ3v) is 2.28. The Morgan fingerprint density at radius 2 is 2.50 bits per heavy atom. The Morgan fingerprint density at radius 1 is 1.64 bits per heavy atom. The van der Waals surface area contributed by atoms with Crippen LogP contribution in [-0.2, 0) is 6.54 Å². The number of anilines is 2. The maximum atomic E-state index is 5.46. The summed E-state index contributed by atoms with van der Waals surface area (Å²) in [4.78, 5) is 4.05. The van der Waals surface area contributed by atoms with Crippen molar-refractivity contribution in [2.75, 3.05) is 11.1 Å². The first-order chi connectivity index (χ1) is 6.74. The molecule has 0 saturated heterocycles. The third-order valence-electron chi connectivity index (χ3n) is 1.52. The van der Waals surface area contributed by atoms with Gasteiger partial charge in [0, 0.05) is 13.0 Å². The van der Waals surface area contributed by atoms with Gasteiger partial charge in [0.1, 0.15) is 10.8 Å². The van der Waals surface area contributed by atoms with Crippen molar-refractivity contribution in [2.24, 2.45) is 0 Å². The molecule has 0 aromatic carbocycles. The second kappa shape index (κ2) is 3.62. The van der Waals surface area contributed by atoms with Crippen LogP contribution in [0.15, 0.2) is 10.6 Å². The molecule has 6 nitrogen and oxygen atoms in total. The molecule has 0 spiro atoms. The molecule has 0 aliphatic carbocycles. The van der Waals surface area contributed by atoms with Crippen molar-refractivity contribution in [1.82, 2.24) is 14.5 Å². The molecule has 0 radical (unpaired) electrons. The molecule has 2 rings (SSSR count). The lowest BCUT2D eigenvalue weighted by Crippen LogP contribution is -1.99. The Kier molecular flexibility index (Phi) is 2.32. The van der Waals surface area contributed by atoms with Crippen LogP contribution >= 0.6 is 11.5 Å². The van der Waals surface area contributed by atoms with Crippen molar-refractivity contribution in [2.45, 2.75) is 13.5 Å². The number of hydrogen-bond donors (Lipinski definition) is 2. The molecule has 2 aromatic heterocycles. The Labute approximate surface area is 84.3 Å². The first-order valence-corrected chi connectivity index (χ1v) is 4.76. The maximum Gasteiger partial charge on any atom is 0.223 e. The average molecular weight is 211 g/mol. The van der Waals surface area contributed by atoms with Crippen LogP contribution in [0.2, 0.25) is 0 Å². The molecule has 0 aliphatic heterocycles. The van der Waals surface area contributed by atoms with Crippen molar-refractivity contribution >= 4 is 22.4 Å². The summed E-state index contributed by atoms with van der Waals surface area (Å²) in [5.41, 5.74) is 5.46. The van der Waals surface area contributed by atoms with Crippen LogP contribution < -0.4 is 11.1 Å². The predicted octanol–water partition coefficient (Wildman–Crippen LogP) is 1.03. The lowest BCUT2D eigenvalue weighted by molar-refractivity contribution is 0.388. The van der Waals surface area contributed by atoms with E-state index in [0.29, 0.717) is 24.1 Å². The van der Waals surface area contributed by atoms with Crippen LogP contribution in [0.25, 0.3) is 0 Å². The molecule has 0 atom stereocenters. The van der Waals surface area contributed by atoms with E-state index in [-0.39, 0.29) is 0 Å². The molecule has 0 fully saturated rings. The number of aryl methyl sites for hydroxylation is 1. The minimum atomic E-state index is 0.513. The van der Waals surface area contributed by atoms with Gasteiger partial charge in [-0.25, -0.2) is 0 Å². The van der Waals surface area contributed by atoms with Gasteiger partial charge in [-0.15, -0.1) is 0 Å². The largest absolute Gasteiger partial charge is 0.383 e. The van der Waals surface area contributed by atoms with E-state index in [9.17, 15) is 0 Å². The molecule has 74 valence electrons. The zero-order valence-corrected chi connectivity index (χ0v) is 8.34. The summed E-state index contributed by atoms with van der Waals surface area (Å²) in [5.74, 6) is 1.70. The minimum Gasteiger partial charge on any atom is -0.383 e. The van der Waals surface area contributed by atoms with Gasteiger partial charge in [-0.3, -0.25) is 0 Å². The van der Waals surface area contributed by atoms with Crippen molar-refractivity contribution in [3.8, 4) is 0 Å². The van der Waals surface area contributed by atoms with Crippen LogP contribution in [0.3, 0.4) is 0 Å². The zero-order valence-electron chi connectivity index (χ0n) is 7.52.